The molecule has 4 unspecified atom stereocenters. The minimum atomic E-state index is -1.81. The van der Waals surface area contributed by atoms with E-state index in [-0.39, 0.29) is 46.6 Å². The van der Waals surface area contributed by atoms with E-state index < -0.39 is 52.0 Å². The highest BCUT2D eigenvalue weighted by atomic mass is 35.5. The number of halogens is 4. The van der Waals surface area contributed by atoms with Gasteiger partial charge in [0.1, 0.15) is 17.0 Å². The fourth-order valence-corrected chi connectivity index (χ4v) is 6.36. The molecule has 0 spiro atoms. The predicted octanol–water partition coefficient (Wildman–Crippen LogP) is 5.56. The van der Waals surface area contributed by atoms with Crippen molar-refractivity contribution in [3.63, 3.8) is 0 Å². The van der Waals surface area contributed by atoms with Gasteiger partial charge in [0.15, 0.2) is 5.82 Å². The Bertz CT molecular complexity index is 1530. The van der Waals surface area contributed by atoms with Crippen LogP contribution in [0, 0.1) is 28.4 Å². The molecule has 4 rings (SSSR count). The Morgan fingerprint density at radius 3 is 2.56 bits per heavy atom. The van der Waals surface area contributed by atoms with Crippen LogP contribution in [0.15, 0.2) is 48.7 Å². The van der Waals surface area contributed by atoms with E-state index in [4.69, 9.17) is 23.2 Å². The second-order valence-corrected chi connectivity index (χ2v) is 13.3. The number of amides is 1. The molecule has 2 aromatic carbocycles. The van der Waals surface area contributed by atoms with Crippen molar-refractivity contribution in [1.29, 1.82) is 5.26 Å². The average molecular weight is 635 g/mol. The number of carbonyl (C=O) groups excluding carboxylic acids is 1. The maximum atomic E-state index is 15.8. The first-order valence-electron chi connectivity index (χ1n) is 13.9. The first-order chi connectivity index (χ1) is 20.1. The van der Waals surface area contributed by atoms with E-state index in [1.165, 1.54) is 35.0 Å². The number of nitriles is 1. The van der Waals surface area contributed by atoms with Gasteiger partial charge in [-0.25, -0.2) is 8.78 Å². The molecule has 230 valence electrons. The van der Waals surface area contributed by atoms with Crippen molar-refractivity contribution in [2.45, 2.75) is 76.1 Å². The number of nitrogens with one attached hydrogen (secondary N) is 2. The molecule has 12 heteroatoms. The molecule has 3 aromatic rings. The maximum absolute atomic E-state index is 15.8. The molecule has 43 heavy (non-hydrogen) atoms. The van der Waals surface area contributed by atoms with Crippen molar-refractivity contribution >= 4 is 34.9 Å². The zero-order valence-electron chi connectivity index (χ0n) is 24.3. The number of hydrogen-bond donors (Lipinski definition) is 4. The number of aliphatic hydroxyl groups excluding tert-OH is 1. The summed E-state index contributed by atoms with van der Waals surface area (Å²) in [5.41, 5.74) is -3.51. The topological polar surface area (TPSA) is 123 Å². The third-order valence-corrected chi connectivity index (χ3v) is 8.43. The summed E-state index contributed by atoms with van der Waals surface area (Å²) in [6.07, 6.45) is 2.18. The summed E-state index contributed by atoms with van der Waals surface area (Å²) in [6, 6.07) is 9.96. The Labute approximate surface area is 259 Å². The number of nitrogens with zero attached hydrogens (tertiary/aromatic N) is 3. The van der Waals surface area contributed by atoms with E-state index >= 15 is 8.78 Å². The van der Waals surface area contributed by atoms with Crippen LogP contribution in [0.5, 0.6) is 0 Å². The van der Waals surface area contributed by atoms with Gasteiger partial charge in [-0.05, 0) is 55.9 Å². The summed E-state index contributed by atoms with van der Waals surface area (Å²) in [5.74, 6) is -3.31. The Morgan fingerprint density at radius 2 is 1.93 bits per heavy atom. The number of hydrogen-bond acceptors (Lipinski definition) is 6. The van der Waals surface area contributed by atoms with Crippen molar-refractivity contribution < 1.29 is 23.8 Å². The molecule has 2 heterocycles. The van der Waals surface area contributed by atoms with Gasteiger partial charge in [-0.15, -0.1) is 0 Å². The predicted molar refractivity (Wildman–Crippen MR) is 161 cm³/mol. The molecule has 1 aliphatic rings. The van der Waals surface area contributed by atoms with Crippen LogP contribution in [0.3, 0.4) is 0 Å². The number of aliphatic hydroxyl groups is 2. The van der Waals surface area contributed by atoms with E-state index in [0.717, 1.165) is 6.07 Å². The van der Waals surface area contributed by atoms with Gasteiger partial charge in [-0.3, -0.25) is 9.48 Å². The largest absolute Gasteiger partial charge is 0.396 e. The third kappa shape index (κ3) is 6.87. The van der Waals surface area contributed by atoms with Gasteiger partial charge in [-0.2, -0.15) is 10.4 Å². The van der Waals surface area contributed by atoms with Gasteiger partial charge >= 0.3 is 0 Å². The van der Waals surface area contributed by atoms with Crippen molar-refractivity contribution in [3.05, 3.63) is 81.5 Å². The van der Waals surface area contributed by atoms with Crippen LogP contribution < -0.4 is 10.6 Å². The summed E-state index contributed by atoms with van der Waals surface area (Å²) in [4.78, 5) is 14.0. The molecule has 0 aliphatic carbocycles. The summed E-state index contributed by atoms with van der Waals surface area (Å²) in [6.45, 7) is 7.06. The molecule has 4 atom stereocenters. The lowest BCUT2D eigenvalue weighted by Gasteiger charge is -2.38. The molecule has 0 radical (unpaired) electrons. The number of aromatic nitrogens is 2. The van der Waals surface area contributed by atoms with Gasteiger partial charge in [0, 0.05) is 41.4 Å². The Balaban J connectivity index is 1.89. The van der Waals surface area contributed by atoms with Gasteiger partial charge in [0.2, 0.25) is 5.91 Å². The smallest absolute Gasteiger partial charge is 0.243 e. The molecule has 0 saturated carbocycles. The van der Waals surface area contributed by atoms with Crippen molar-refractivity contribution in [1.82, 2.24) is 15.1 Å². The molecule has 1 amide bonds. The fraction of sp³-hybridized carbons (Fsp3) is 0.452. The third-order valence-electron chi connectivity index (χ3n) is 7.90. The summed E-state index contributed by atoms with van der Waals surface area (Å²) >= 11 is 12.3. The van der Waals surface area contributed by atoms with Crippen LogP contribution in [0.2, 0.25) is 10.0 Å². The van der Waals surface area contributed by atoms with E-state index in [1.807, 2.05) is 13.8 Å². The first-order valence-corrected chi connectivity index (χ1v) is 14.6. The molecule has 1 aliphatic heterocycles. The Kier molecular flexibility index (Phi) is 9.55. The minimum absolute atomic E-state index is 0.0360. The van der Waals surface area contributed by atoms with Crippen molar-refractivity contribution in [2.75, 3.05) is 11.9 Å². The highest BCUT2D eigenvalue weighted by Crippen LogP contribution is 2.53. The molecule has 1 saturated heterocycles. The Hall–Kier alpha value is -3.07. The summed E-state index contributed by atoms with van der Waals surface area (Å²) in [7, 11) is 0. The van der Waals surface area contributed by atoms with Crippen LogP contribution >= 0.6 is 23.2 Å². The van der Waals surface area contributed by atoms with E-state index in [1.54, 1.807) is 26.1 Å². The molecule has 1 fully saturated rings. The van der Waals surface area contributed by atoms with Crippen LogP contribution in [0.1, 0.15) is 57.6 Å². The highest BCUT2D eigenvalue weighted by molar-refractivity contribution is 6.31. The monoisotopic (exact) mass is 633 g/mol. The Morgan fingerprint density at radius 1 is 1.21 bits per heavy atom. The minimum Gasteiger partial charge on any atom is -0.396 e. The number of rotatable bonds is 10. The van der Waals surface area contributed by atoms with Crippen LogP contribution in [0.4, 0.5) is 14.6 Å². The van der Waals surface area contributed by atoms with Crippen molar-refractivity contribution in [2.24, 2.45) is 5.41 Å². The maximum Gasteiger partial charge on any atom is 0.243 e. The normalized spacial score (nSPS) is 22.4. The molecular weight excluding hydrogens is 599 g/mol. The van der Waals surface area contributed by atoms with Crippen LogP contribution in [-0.2, 0) is 16.8 Å². The van der Waals surface area contributed by atoms with E-state index in [2.05, 4.69) is 21.8 Å². The molecule has 0 bridgehead atoms. The van der Waals surface area contributed by atoms with Gasteiger partial charge < -0.3 is 20.8 Å². The zero-order valence-corrected chi connectivity index (χ0v) is 25.8. The standard InChI is InChI=1S/C31H35Cl2F2N5O3/c1-29(2,11-13-41)15-23-31(16-36,20-9-8-18(32)14-22(20)34)25(19-6-5-7-21(33)26(19)35)27(37-23)28(42)38-24-10-12-40(39-24)17-30(3,4)43/h5-10,12,14,23,25,27,37,41,43H,11,13,15,17H2,1-4H3,(H,38,39,42). The average Bonchev–Trinajstić information content (AvgIpc) is 3.46. The zero-order chi connectivity index (χ0) is 31.7. The SMILES string of the molecule is CC(C)(O)Cn1ccc(NC(=O)C2NC(CC(C)(C)CCO)C(C#N)(c3ccc(Cl)cc3F)C2c2cccc(Cl)c2F)n1. The molecular formula is C31H35Cl2F2N5O3. The quantitative estimate of drug-likeness (QED) is 0.232. The van der Waals surface area contributed by atoms with Gasteiger partial charge in [-0.1, -0.05) is 55.2 Å². The number of anilines is 1. The lowest BCUT2D eigenvalue weighted by atomic mass is 9.62. The summed E-state index contributed by atoms with van der Waals surface area (Å²) < 4.78 is 33.1. The number of benzene rings is 2. The van der Waals surface area contributed by atoms with Gasteiger partial charge in [0.05, 0.1) is 29.3 Å². The molecule has 1 aromatic heterocycles. The lowest BCUT2D eigenvalue weighted by molar-refractivity contribution is -0.118. The van der Waals surface area contributed by atoms with Crippen LogP contribution in [-0.4, -0.2) is 50.2 Å². The lowest BCUT2D eigenvalue weighted by Crippen LogP contribution is -2.45. The summed E-state index contributed by atoms with van der Waals surface area (Å²) in [5, 5.41) is 41.0. The first kappa shape index (κ1) is 32.8. The van der Waals surface area contributed by atoms with Crippen molar-refractivity contribution in [3.8, 4) is 6.07 Å². The second-order valence-electron chi connectivity index (χ2n) is 12.5. The van der Waals surface area contributed by atoms with E-state index in [0.29, 0.717) is 6.42 Å². The fourth-order valence-electron chi connectivity index (χ4n) is 6.02. The molecule has 4 N–H and O–H groups in total. The van der Waals surface area contributed by atoms with Gasteiger partial charge in [0.25, 0.3) is 0 Å². The number of carbonyl (C=O) groups is 1. The highest BCUT2D eigenvalue weighted by Gasteiger charge is 2.61. The van der Waals surface area contributed by atoms with Crippen LogP contribution in [0.25, 0.3) is 0 Å². The molecule has 8 nitrogen and oxygen atoms in total. The second kappa shape index (κ2) is 12.5. The van der Waals surface area contributed by atoms with E-state index in [9.17, 15) is 20.3 Å².